The molecule has 0 saturated carbocycles. The fourth-order valence-electron chi connectivity index (χ4n) is 2.72. The molecule has 0 spiro atoms. The molecule has 1 heterocycles. The molecule has 0 fully saturated rings. The molecular weight excluding hydrogens is 465 g/mol. The molecule has 180 valence electrons. The molecule has 34 heavy (non-hydrogen) atoms. The standard InChI is InChI=1S/C16H17F3N2O2S.C8H8N2/c1-2-3-4-7-23-14-6-5-11(8-13(14)16(17,18)19)21-15-20-9-12(10-22)24-15;1-10-8-4-2-7(6-9)3-5-8/h5-6,8-10H,2-4,7H2,1H3,(H,20,21);2-5,10H,1H3. The number of alkyl halides is 3. The number of hydrogen-bond donors (Lipinski definition) is 2. The van der Waals surface area contributed by atoms with E-state index in [0.717, 1.165) is 35.9 Å². The van der Waals surface area contributed by atoms with Crippen molar-refractivity contribution in [3.8, 4) is 11.8 Å². The van der Waals surface area contributed by atoms with Crippen LogP contribution in [0, 0.1) is 11.3 Å². The summed E-state index contributed by atoms with van der Waals surface area (Å²) >= 11 is 1.06. The van der Waals surface area contributed by atoms with Crippen LogP contribution in [0.5, 0.6) is 5.75 Å². The summed E-state index contributed by atoms with van der Waals surface area (Å²) in [6.07, 6.45) is 0.0577. The first-order valence-corrected chi connectivity index (χ1v) is 11.3. The number of rotatable bonds is 9. The quantitative estimate of drug-likeness (QED) is 0.251. The van der Waals surface area contributed by atoms with Gasteiger partial charge in [-0.2, -0.15) is 18.4 Å². The molecule has 0 bridgehead atoms. The summed E-state index contributed by atoms with van der Waals surface area (Å²) in [5, 5.41) is 14.5. The number of carbonyl (C=O) groups is 1. The molecule has 3 rings (SSSR count). The highest BCUT2D eigenvalue weighted by molar-refractivity contribution is 7.17. The van der Waals surface area contributed by atoms with Crippen LogP contribution in [0.25, 0.3) is 0 Å². The van der Waals surface area contributed by atoms with Crippen LogP contribution in [0.4, 0.5) is 29.7 Å². The van der Waals surface area contributed by atoms with Gasteiger partial charge < -0.3 is 15.4 Å². The van der Waals surface area contributed by atoms with Gasteiger partial charge in [-0.05, 0) is 48.9 Å². The average Bonchev–Trinajstić information content (AvgIpc) is 3.30. The van der Waals surface area contributed by atoms with E-state index < -0.39 is 11.7 Å². The van der Waals surface area contributed by atoms with E-state index >= 15 is 0 Å². The van der Waals surface area contributed by atoms with Crippen LogP contribution in [-0.2, 0) is 6.18 Å². The van der Waals surface area contributed by atoms with Crippen LogP contribution in [0.15, 0.2) is 48.7 Å². The minimum Gasteiger partial charge on any atom is -0.493 e. The van der Waals surface area contributed by atoms with Crippen LogP contribution in [-0.4, -0.2) is 24.9 Å². The van der Waals surface area contributed by atoms with Crippen molar-refractivity contribution in [3.05, 3.63) is 64.7 Å². The predicted molar refractivity (Wildman–Crippen MR) is 128 cm³/mol. The van der Waals surface area contributed by atoms with Crippen molar-refractivity contribution < 1.29 is 22.7 Å². The number of unbranched alkanes of at least 4 members (excludes halogenated alkanes) is 2. The van der Waals surface area contributed by atoms with Gasteiger partial charge in [0.05, 0.1) is 34.9 Å². The molecule has 0 saturated heterocycles. The molecule has 6 nitrogen and oxygen atoms in total. The number of benzene rings is 2. The smallest absolute Gasteiger partial charge is 0.420 e. The van der Waals surface area contributed by atoms with Gasteiger partial charge >= 0.3 is 6.18 Å². The van der Waals surface area contributed by atoms with Gasteiger partial charge in [0.25, 0.3) is 0 Å². The maximum atomic E-state index is 13.2. The molecule has 1 aromatic heterocycles. The second kappa shape index (κ2) is 13.2. The van der Waals surface area contributed by atoms with E-state index in [2.05, 4.69) is 21.7 Å². The van der Waals surface area contributed by atoms with Crippen LogP contribution in [0.2, 0.25) is 0 Å². The van der Waals surface area contributed by atoms with Crippen molar-refractivity contribution in [2.45, 2.75) is 32.4 Å². The molecule has 0 amide bonds. The lowest BCUT2D eigenvalue weighted by molar-refractivity contribution is -0.138. The summed E-state index contributed by atoms with van der Waals surface area (Å²) in [6.45, 7) is 2.26. The predicted octanol–water partition coefficient (Wildman–Crippen LogP) is 6.89. The molecule has 2 aromatic carbocycles. The number of ether oxygens (including phenoxy) is 1. The summed E-state index contributed by atoms with van der Waals surface area (Å²) in [4.78, 5) is 15.0. The Kier molecular flexibility index (Phi) is 10.4. The van der Waals surface area contributed by atoms with Crippen LogP contribution < -0.4 is 15.4 Å². The largest absolute Gasteiger partial charge is 0.493 e. The molecule has 0 radical (unpaired) electrons. The maximum Gasteiger partial charge on any atom is 0.420 e. The van der Waals surface area contributed by atoms with E-state index in [4.69, 9.17) is 10.00 Å². The molecule has 0 atom stereocenters. The van der Waals surface area contributed by atoms with E-state index in [9.17, 15) is 18.0 Å². The Bertz CT molecular complexity index is 1090. The van der Waals surface area contributed by atoms with Gasteiger partial charge in [-0.15, -0.1) is 0 Å². The first-order chi connectivity index (χ1) is 16.3. The number of aromatic nitrogens is 1. The summed E-state index contributed by atoms with van der Waals surface area (Å²) in [7, 11) is 1.85. The number of anilines is 3. The van der Waals surface area contributed by atoms with E-state index in [1.807, 2.05) is 26.1 Å². The number of nitriles is 1. The highest BCUT2D eigenvalue weighted by atomic mass is 32.1. The summed E-state index contributed by atoms with van der Waals surface area (Å²) in [5.41, 5.74) is 1.11. The molecule has 3 aromatic rings. The zero-order valence-corrected chi connectivity index (χ0v) is 19.6. The summed E-state index contributed by atoms with van der Waals surface area (Å²) in [5.74, 6) is -0.183. The Morgan fingerprint density at radius 3 is 2.41 bits per heavy atom. The van der Waals surface area contributed by atoms with Gasteiger partial charge in [-0.25, -0.2) is 4.98 Å². The lowest BCUT2D eigenvalue weighted by Crippen LogP contribution is -2.10. The van der Waals surface area contributed by atoms with Crippen molar-refractivity contribution in [1.29, 1.82) is 5.26 Å². The van der Waals surface area contributed by atoms with Crippen molar-refractivity contribution in [2.75, 3.05) is 24.3 Å². The summed E-state index contributed by atoms with van der Waals surface area (Å²) in [6, 6.07) is 13.1. The zero-order valence-electron chi connectivity index (χ0n) is 18.8. The Balaban J connectivity index is 0.000000340. The van der Waals surface area contributed by atoms with Crippen molar-refractivity contribution in [3.63, 3.8) is 0 Å². The van der Waals surface area contributed by atoms with Crippen LogP contribution in [0.1, 0.15) is 47.0 Å². The van der Waals surface area contributed by atoms with E-state index in [-0.39, 0.29) is 18.0 Å². The first-order valence-electron chi connectivity index (χ1n) is 10.5. The maximum absolute atomic E-state index is 13.2. The van der Waals surface area contributed by atoms with Crippen LogP contribution >= 0.6 is 11.3 Å². The van der Waals surface area contributed by atoms with Gasteiger partial charge in [0.1, 0.15) is 5.75 Å². The second-order valence-corrected chi connectivity index (χ2v) is 8.08. The Morgan fingerprint density at radius 2 is 1.85 bits per heavy atom. The molecule has 10 heteroatoms. The topological polar surface area (TPSA) is 87.0 Å². The molecule has 0 aliphatic rings. The fourth-order valence-corrected chi connectivity index (χ4v) is 3.37. The lowest BCUT2D eigenvalue weighted by Gasteiger charge is -2.15. The molecule has 0 unspecified atom stereocenters. The van der Waals surface area contributed by atoms with Crippen molar-refractivity contribution in [2.24, 2.45) is 0 Å². The number of halogens is 3. The number of hydrogen-bond acceptors (Lipinski definition) is 7. The van der Waals surface area contributed by atoms with Gasteiger partial charge in [-0.3, -0.25) is 4.79 Å². The number of thiazole rings is 1. The van der Waals surface area contributed by atoms with Crippen molar-refractivity contribution in [1.82, 2.24) is 4.98 Å². The number of carbonyl (C=O) groups excluding carboxylic acids is 1. The Labute approximate surface area is 200 Å². The highest BCUT2D eigenvalue weighted by Gasteiger charge is 2.34. The average molecular weight is 491 g/mol. The zero-order chi connectivity index (χ0) is 25.0. The Morgan fingerprint density at radius 1 is 1.15 bits per heavy atom. The van der Waals surface area contributed by atoms with E-state index in [0.29, 0.717) is 28.3 Å². The van der Waals surface area contributed by atoms with E-state index in [1.165, 1.54) is 18.3 Å². The summed E-state index contributed by atoms with van der Waals surface area (Å²) < 4.78 is 45.0. The Hall–Kier alpha value is -3.58. The first kappa shape index (κ1) is 26.7. The number of aldehydes is 1. The molecular formula is C24H25F3N4O2S. The molecule has 0 aliphatic carbocycles. The number of nitrogens with zero attached hydrogens (tertiary/aromatic N) is 2. The minimum absolute atomic E-state index is 0.183. The van der Waals surface area contributed by atoms with Gasteiger partial charge in [0.2, 0.25) is 0 Å². The van der Waals surface area contributed by atoms with E-state index in [1.54, 1.807) is 12.1 Å². The lowest BCUT2D eigenvalue weighted by atomic mass is 10.1. The van der Waals surface area contributed by atoms with Gasteiger partial charge in [0, 0.05) is 18.4 Å². The number of nitrogens with one attached hydrogen (secondary N) is 2. The molecule has 0 aliphatic heterocycles. The third-order valence-electron chi connectivity index (χ3n) is 4.48. The van der Waals surface area contributed by atoms with Gasteiger partial charge in [0.15, 0.2) is 11.4 Å². The van der Waals surface area contributed by atoms with Crippen molar-refractivity contribution >= 4 is 34.1 Å². The monoisotopic (exact) mass is 490 g/mol. The second-order valence-electron chi connectivity index (χ2n) is 7.01. The highest BCUT2D eigenvalue weighted by Crippen LogP contribution is 2.38. The molecule has 2 N–H and O–H groups in total. The van der Waals surface area contributed by atoms with Gasteiger partial charge in [-0.1, -0.05) is 31.1 Å². The third-order valence-corrected chi connectivity index (χ3v) is 5.32. The van der Waals surface area contributed by atoms with Crippen LogP contribution in [0.3, 0.4) is 0 Å². The fraction of sp³-hybridized carbons (Fsp3) is 0.292. The normalized spacial score (nSPS) is 10.5. The third kappa shape index (κ3) is 8.41. The SMILES string of the molecule is CCCCCOc1ccc(Nc2ncc(C=O)s2)cc1C(F)(F)F.CNc1ccc(C#N)cc1. The minimum atomic E-state index is -4.52.